The van der Waals surface area contributed by atoms with Crippen molar-refractivity contribution in [1.29, 1.82) is 0 Å². The molecule has 0 atom stereocenters. The van der Waals surface area contributed by atoms with E-state index in [1.165, 1.54) is 62.1 Å². The second kappa shape index (κ2) is 9.38. The zero-order chi connectivity index (χ0) is 21.1. The lowest BCUT2D eigenvalue weighted by Crippen LogP contribution is -2.17. The summed E-state index contributed by atoms with van der Waals surface area (Å²) in [7, 11) is 0. The fraction of sp³-hybridized carbons (Fsp3) is 0.467. The molecule has 0 aromatic heterocycles. The minimum absolute atomic E-state index is 1.15. The standard InChI is InChI=1S/C30H38/c1-5-11-21-17-18-22(12-6-2)28-20-30-24(14-8-4)26-16-10-9-15-25(26)23(13-7-3)29(30)19-27(21)28/h9-10,15-18H,5-8,11-14,19-20H2,1-4H3. The molecule has 0 aliphatic heterocycles. The van der Waals surface area contributed by atoms with Crippen LogP contribution in [0.3, 0.4) is 0 Å². The van der Waals surface area contributed by atoms with Crippen molar-refractivity contribution in [3.8, 4) is 0 Å². The number of hydrogen-bond acceptors (Lipinski definition) is 0. The predicted octanol–water partition coefficient (Wildman–Crippen LogP) is 8.14. The molecule has 4 rings (SSSR count). The van der Waals surface area contributed by atoms with Crippen molar-refractivity contribution in [3.63, 3.8) is 0 Å². The molecule has 1 aliphatic carbocycles. The molecular weight excluding hydrogens is 360 g/mol. The van der Waals surface area contributed by atoms with Crippen LogP contribution < -0.4 is 0 Å². The van der Waals surface area contributed by atoms with E-state index in [1.807, 2.05) is 0 Å². The third-order valence-corrected chi connectivity index (χ3v) is 7.04. The Morgan fingerprint density at radius 3 is 1.27 bits per heavy atom. The second-order valence-electron chi connectivity index (χ2n) is 9.15. The number of fused-ring (bicyclic) bond motifs is 3. The molecule has 0 amide bonds. The van der Waals surface area contributed by atoms with Gasteiger partial charge in [-0.2, -0.15) is 0 Å². The van der Waals surface area contributed by atoms with Gasteiger partial charge >= 0.3 is 0 Å². The maximum Gasteiger partial charge on any atom is -0.00142 e. The molecular formula is C30H38. The highest BCUT2D eigenvalue weighted by Gasteiger charge is 2.26. The first kappa shape index (κ1) is 21.2. The summed E-state index contributed by atoms with van der Waals surface area (Å²) in [6.07, 6.45) is 12.0. The zero-order valence-corrected chi connectivity index (χ0v) is 19.5. The quantitative estimate of drug-likeness (QED) is 0.281. The van der Waals surface area contributed by atoms with Gasteiger partial charge in [0.2, 0.25) is 0 Å². The van der Waals surface area contributed by atoms with Gasteiger partial charge in [0.25, 0.3) is 0 Å². The Labute approximate surface area is 183 Å². The van der Waals surface area contributed by atoms with Gasteiger partial charge in [0, 0.05) is 0 Å². The maximum atomic E-state index is 2.45. The van der Waals surface area contributed by atoms with Gasteiger partial charge < -0.3 is 0 Å². The molecule has 30 heavy (non-hydrogen) atoms. The Kier molecular flexibility index (Phi) is 6.61. The van der Waals surface area contributed by atoms with Crippen LogP contribution >= 0.6 is 0 Å². The van der Waals surface area contributed by atoms with Crippen molar-refractivity contribution in [2.24, 2.45) is 0 Å². The molecule has 0 radical (unpaired) electrons. The lowest BCUT2D eigenvalue weighted by molar-refractivity contribution is 0.825. The highest BCUT2D eigenvalue weighted by Crippen LogP contribution is 2.41. The summed E-state index contributed by atoms with van der Waals surface area (Å²) in [5.41, 5.74) is 13.2. The minimum atomic E-state index is 1.15. The summed E-state index contributed by atoms with van der Waals surface area (Å²) in [6, 6.07) is 14.1. The van der Waals surface area contributed by atoms with Gasteiger partial charge in [-0.25, -0.2) is 0 Å². The summed E-state index contributed by atoms with van der Waals surface area (Å²) < 4.78 is 0. The lowest BCUT2D eigenvalue weighted by Gasteiger charge is -2.30. The third kappa shape index (κ3) is 3.70. The van der Waals surface area contributed by atoms with E-state index >= 15 is 0 Å². The van der Waals surface area contributed by atoms with Crippen LogP contribution in [0.2, 0.25) is 0 Å². The topological polar surface area (TPSA) is 0 Å². The van der Waals surface area contributed by atoms with Crippen molar-refractivity contribution < 1.29 is 0 Å². The summed E-state index contributed by atoms with van der Waals surface area (Å²) in [4.78, 5) is 0. The van der Waals surface area contributed by atoms with Crippen LogP contribution in [0.1, 0.15) is 97.9 Å². The molecule has 0 unspecified atom stereocenters. The van der Waals surface area contributed by atoms with Crippen LogP contribution in [0, 0.1) is 0 Å². The number of aryl methyl sites for hydroxylation is 4. The molecule has 0 fully saturated rings. The SMILES string of the molecule is CCCc1ccc(CCC)c2c1Cc1c(c(CCC)c3ccccc3c1CCC)C2. The molecule has 0 nitrogen and oxygen atoms in total. The van der Waals surface area contributed by atoms with Gasteiger partial charge in [0.1, 0.15) is 0 Å². The first-order valence-electron chi connectivity index (χ1n) is 12.4. The minimum Gasteiger partial charge on any atom is -0.0651 e. The molecule has 1 aliphatic rings. The fourth-order valence-corrected chi connectivity index (χ4v) is 5.79. The molecule has 3 aromatic carbocycles. The molecule has 0 bridgehead atoms. The number of benzene rings is 3. The Morgan fingerprint density at radius 1 is 0.500 bits per heavy atom. The molecule has 0 saturated heterocycles. The monoisotopic (exact) mass is 398 g/mol. The summed E-state index contributed by atoms with van der Waals surface area (Å²) in [5, 5.41) is 3.04. The van der Waals surface area contributed by atoms with Gasteiger partial charge in [-0.1, -0.05) is 89.8 Å². The second-order valence-corrected chi connectivity index (χ2v) is 9.15. The molecule has 158 valence electrons. The highest BCUT2D eigenvalue weighted by atomic mass is 14.3. The van der Waals surface area contributed by atoms with Gasteiger partial charge in [0.05, 0.1) is 0 Å². The van der Waals surface area contributed by atoms with Crippen molar-refractivity contribution in [1.82, 2.24) is 0 Å². The molecule has 0 spiro atoms. The van der Waals surface area contributed by atoms with Gasteiger partial charge in [0.15, 0.2) is 0 Å². The largest absolute Gasteiger partial charge is 0.0651 e. The predicted molar refractivity (Wildman–Crippen MR) is 132 cm³/mol. The molecule has 3 aromatic rings. The molecule has 0 heteroatoms. The highest BCUT2D eigenvalue weighted by molar-refractivity contribution is 5.92. The smallest absolute Gasteiger partial charge is 0.00142 e. The van der Waals surface area contributed by atoms with Crippen LogP contribution in [0.25, 0.3) is 10.8 Å². The van der Waals surface area contributed by atoms with E-state index in [1.54, 1.807) is 44.5 Å². The van der Waals surface area contributed by atoms with E-state index in [2.05, 4.69) is 64.1 Å². The Morgan fingerprint density at radius 2 is 0.900 bits per heavy atom. The average molecular weight is 399 g/mol. The molecule has 0 saturated carbocycles. The summed E-state index contributed by atoms with van der Waals surface area (Å²) in [6.45, 7) is 9.30. The lowest BCUT2D eigenvalue weighted by atomic mass is 9.74. The van der Waals surface area contributed by atoms with Gasteiger partial charge in [-0.05, 0) is 93.8 Å². The molecule has 0 heterocycles. The van der Waals surface area contributed by atoms with Crippen LogP contribution in [-0.2, 0) is 38.5 Å². The van der Waals surface area contributed by atoms with E-state index in [-0.39, 0.29) is 0 Å². The van der Waals surface area contributed by atoms with Gasteiger partial charge in [-0.15, -0.1) is 0 Å². The van der Waals surface area contributed by atoms with Crippen molar-refractivity contribution >= 4 is 10.8 Å². The van der Waals surface area contributed by atoms with Gasteiger partial charge in [-0.3, -0.25) is 0 Å². The Hall–Kier alpha value is -2.08. The van der Waals surface area contributed by atoms with E-state index in [9.17, 15) is 0 Å². The van der Waals surface area contributed by atoms with E-state index in [0.717, 1.165) is 12.8 Å². The Bertz CT molecular complexity index is 954. The van der Waals surface area contributed by atoms with Crippen molar-refractivity contribution in [3.05, 3.63) is 80.9 Å². The molecule has 0 N–H and O–H groups in total. The van der Waals surface area contributed by atoms with Crippen molar-refractivity contribution in [2.75, 3.05) is 0 Å². The number of hydrogen-bond donors (Lipinski definition) is 0. The first-order valence-corrected chi connectivity index (χ1v) is 12.4. The number of rotatable bonds is 8. The maximum absolute atomic E-state index is 2.45. The first-order chi connectivity index (χ1) is 14.7. The van der Waals surface area contributed by atoms with E-state index < -0.39 is 0 Å². The van der Waals surface area contributed by atoms with Crippen LogP contribution in [0.4, 0.5) is 0 Å². The summed E-state index contributed by atoms with van der Waals surface area (Å²) in [5.74, 6) is 0. The van der Waals surface area contributed by atoms with Crippen LogP contribution in [0.5, 0.6) is 0 Å². The normalized spacial score (nSPS) is 12.8. The average Bonchev–Trinajstić information content (AvgIpc) is 2.77. The summed E-state index contributed by atoms with van der Waals surface area (Å²) >= 11 is 0. The zero-order valence-electron chi connectivity index (χ0n) is 19.5. The van der Waals surface area contributed by atoms with E-state index in [4.69, 9.17) is 0 Å². The fourth-order valence-electron chi connectivity index (χ4n) is 5.79. The van der Waals surface area contributed by atoms with E-state index in [0.29, 0.717) is 0 Å². The van der Waals surface area contributed by atoms with Crippen molar-refractivity contribution in [2.45, 2.75) is 91.9 Å². The van der Waals surface area contributed by atoms with Crippen LogP contribution in [0.15, 0.2) is 36.4 Å². The van der Waals surface area contributed by atoms with Crippen LogP contribution in [-0.4, -0.2) is 0 Å². The Balaban J connectivity index is 1.99. The third-order valence-electron chi connectivity index (χ3n) is 7.04.